The Hall–Kier alpha value is -1.35. The first-order valence-corrected chi connectivity index (χ1v) is 5.91. The van der Waals surface area contributed by atoms with E-state index in [0.717, 1.165) is 6.42 Å². The van der Waals surface area contributed by atoms with Crippen molar-refractivity contribution in [3.63, 3.8) is 0 Å². The van der Waals surface area contributed by atoms with E-state index in [1.54, 1.807) is 0 Å². The molecule has 0 spiro atoms. The smallest absolute Gasteiger partial charge is 0.305 e. The fourth-order valence-electron chi connectivity index (χ4n) is 1.52. The summed E-state index contributed by atoms with van der Waals surface area (Å²) in [5, 5.41) is 0. The van der Waals surface area contributed by atoms with Gasteiger partial charge in [-0.2, -0.15) is 0 Å². The van der Waals surface area contributed by atoms with Crippen LogP contribution >= 0.6 is 0 Å². The summed E-state index contributed by atoms with van der Waals surface area (Å²) in [6.07, 6.45) is 1.34. The highest BCUT2D eigenvalue weighted by Crippen LogP contribution is 2.09. The van der Waals surface area contributed by atoms with E-state index < -0.39 is 0 Å². The second kappa shape index (κ2) is 7.85. The van der Waals surface area contributed by atoms with Crippen LogP contribution in [0.25, 0.3) is 0 Å². The van der Waals surface area contributed by atoms with Gasteiger partial charge in [0.25, 0.3) is 0 Å². The van der Waals surface area contributed by atoms with Gasteiger partial charge in [0, 0.05) is 13.0 Å². The number of rotatable bonds is 7. The normalized spacial score (nSPS) is 12.1. The maximum Gasteiger partial charge on any atom is 0.305 e. The van der Waals surface area contributed by atoms with E-state index in [-0.39, 0.29) is 5.97 Å². The van der Waals surface area contributed by atoms with E-state index >= 15 is 0 Å². The predicted octanol–water partition coefficient (Wildman–Crippen LogP) is 2.79. The molecule has 1 atom stereocenters. The summed E-state index contributed by atoms with van der Waals surface area (Å²) in [6.45, 7) is 3.33. The summed E-state index contributed by atoms with van der Waals surface area (Å²) in [5.41, 5.74) is 1.17. The minimum atomic E-state index is -0.152. The third kappa shape index (κ3) is 6.07. The molecule has 17 heavy (non-hydrogen) atoms. The lowest BCUT2D eigenvalue weighted by Crippen LogP contribution is -2.09. The zero-order valence-electron chi connectivity index (χ0n) is 10.5. The number of esters is 1. The van der Waals surface area contributed by atoms with Crippen molar-refractivity contribution < 1.29 is 14.3 Å². The van der Waals surface area contributed by atoms with Gasteiger partial charge >= 0.3 is 5.97 Å². The summed E-state index contributed by atoms with van der Waals surface area (Å²) in [5.74, 6) is 0.152. The molecule has 0 bridgehead atoms. The molecule has 0 fully saturated rings. The van der Waals surface area contributed by atoms with Crippen molar-refractivity contribution in [3.8, 4) is 0 Å². The van der Waals surface area contributed by atoms with Crippen molar-refractivity contribution in [2.24, 2.45) is 5.92 Å². The molecule has 0 radical (unpaired) electrons. The average Bonchev–Trinajstić information content (AvgIpc) is 2.36. The van der Waals surface area contributed by atoms with Crippen molar-refractivity contribution in [1.29, 1.82) is 0 Å². The van der Waals surface area contributed by atoms with Gasteiger partial charge in [0.2, 0.25) is 0 Å². The van der Waals surface area contributed by atoms with E-state index in [4.69, 9.17) is 4.74 Å². The van der Waals surface area contributed by atoms with Gasteiger partial charge in [-0.3, -0.25) is 4.79 Å². The summed E-state index contributed by atoms with van der Waals surface area (Å²) in [6, 6.07) is 10.1. The Bertz CT molecular complexity index is 321. The molecule has 0 aliphatic heterocycles. The quantitative estimate of drug-likeness (QED) is 0.539. The van der Waals surface area contributed by atoms with Crippen LogP contribution in [0.2, 0.25) is 0 Å². The molecule has 0 saturated carbocycles. The summed E-state index contributed by atoms with van der Waals surface area (Å²) in [4.78, 5) is 11.0. The van der Waals surface area contributed by atoms with E-state index in [9.17, 15) is 4.79 Å². The van der Waals surface area contributed by atoms with E-state index in [1.807, 2.05) is 37.3 Å². The Morgan fingerprint density at radius 3 is 2.65 bits per heavy atom. The molecule has 0 unspecified atom stereocenters. The van der Waals surface area contributed by atoms with Crippen LogP contribution in [-0.4, -0.2) is 19.7 Å². The van der Waals surface area contributed by atoms with Gasteiger partial charge in [-0.25, -0.2) is 0 Å². The van der Waals surface area contributed by atoms with Crippen molar-refractivity contribution in [1.82, 2.24) is 0 Å². The van der Waals surface area contributed by atoms with Crippen molar-refractivity contribution in [3.05, 3.63) is 35.9 Å². The van der Waals surface area contributed by atoms with Gasteiger partial charge in [0.05, 0.1) is 13.7 Å². The fraction of sp³-hybridized carbons (Fsp3) is 0.500. The zero-order valence-corrected chi connectivity index (χ0v) is 10.5. The van der Waals surface area contributed by atoms with Crippen LogP contribution in [0.5, 0.6) is 0 Å². The molecule has 3 nitrogen and oxygen atoms in total. The summed E-state index contributed by atoms with van der Waals surface area (Å²) in [7, 11) is 1.42. The van der Waals surface area contributed by atoms with Gasteiger partial charge in [0.15, 0.2) is 0 Å². The standard InChI is InChI=1S/C14H20O3/c1-12(10-14(15)16-2)8-9-17-11-13-6-4-3-5-7-13/h3-7,12H,8-11H2,1-2H3/t12-/m0/s1. The third-order valence-corrected chi connectivity index (χ3v) is 2.61. The number of carbonyl (C=O) groups is 1. The first-order valence-electron chi connectivity index (χ1n) is 5.91. The molecule has 0 N–H and O–H groups in total. The lowest BCUT2D eigenvalue weighted by atomic mass is 10.1. The summed E-state index contributed by atoms with van der Waals surface area (Å²) >= 11 is 0. The number of benzene rings is 1. The Kier molecular flexibility index (Phi) is 6.33. The molecule has 0 aliphatic carbocycles. The lowest BCUT2D eigenvalue weighted by molar-refractivity contribution is -0.141. The van der Waals surface area contributed by atoms with Crippen LogP contribution in [0.15, 0.2) is 30.3 Å². The highest BCUT2D eigenvalue weighted by molar-refractivity contribution is 5.69. The van der Waals surface area contributed by atoms with E-state index in [1.165, 1.54) is 12.7 Å². The zero-order chi connectivity index (χ0) is 12.5. The Morgan fingerprint density at radius 2 is 2.00 bits per heavy atom. The monoisotopic (exact) mass is 236 g/mol. The van der Waals surface area contributed by atoms with Gasteiger partial charge in [-0.1, -0.05) is 37.3 Å². The number of methoxy groups -OCH3 is 1. The molecule has 0 amide bonds. The second-order valence-corrected chi connectivity index (χ2v) is 4.21. The summed E-state index contributed by atoms with van der Waals surface area (Å²) < 4.78 is 10.2. The Morgan fingerprint density at radius 1 is 1.29 bits per heavy atom. The molecule has 1 aromatic carbocycles. The topological polar surface area (TPSA) is 35.5 Å². The molecule has 0 aromatic heterocycles. The first kappa shape index (κ1) is 13.7. The molecule has 3 heteroatoms. The highest BCUT2D eigenvalue weighted by atomic mass is 16.5. The molecule has 1 aromatic rings. The van der Waals surface area contributed by atoms with Crippen LogP contribution in [0.3, 0.4) is 0 Å². The molecule has 0 aliphatic rings. The second-order valence-electron chi connectivity index (χ2n) is 4.21. The van der Waals surface area contributed by atoms with Crippen molar-refractivity contribution in [2.75, 3.05) is 13.7 Å². The van der Waals surface area contributed by atoms with Crippen molar-refractivity contribution in [2.45, 2.75) is 26.4 Å². The largest absolute Gasteiger partial charge is 0.469 e. The van der Waals surface area contributed by atoms with Gasteiger partial charge < -0.3 is 9.47 Å². The number of hydrogen-bond donors (Lipinski definition) is 0. The fourth-order valence-corrected chi connectivity index (χ4v) is 1.52. The third-order valence-electron chi connectivity index (χ3n) is 2.61. The minimum Gasteiger partial charge on any atom is -0.469 e. The van der Waals surface area contributed by atoms with Crippen LogP contribution < -0.4 is 0 Å². The SMILES string of the molecule is COC(=O)C[C@@H](C)CCOCc1ccccc1. The minimum absolute atomic E-state index is 0.152. The van der Waals surface area contributed by atoms with Crippen LogP contribution in [0.4, 0.5) is 0 Å². The Labute approximate surface area is 103 Å². The highest BCUT2D eigenvalue weighted by Gasteiger charge is 2.08. The molecule has 94 valence electrons. The number of ether oxygens (including phenoxy) is 2. The molecule has 0 saturated heterocycles. The van der Waals surface area contributed by atoms with Gasteiger partial charge in [0.1, 0.15) is 0 Å². The maximum absolute atomic E-state index is 11.0. The van der Waals surface area contributed by atoms with Crippen LogP contribution in [0, 0.1) is 5.92 Å². The number of hydrogen-bond acceptors (Lipinski definition) is 3. The van der Waals surface area contributed by atoms with Crippen molar-refractivity contribution >= 4 is 5.97 Å². The molecular weight excluding hydrogens is 216 g/mol. The molecular formula is C14H20O3. The average molecular weight is 236 g/mol. The lowest BCUT2D eigenvalue weighted by Gasteiger charge is -2.10. The van der Waals surface area contributed by atoms with Gasteiger partial charge in [-0.05, 0) is 17.9 Å². The van der Waals surface area contributed by atoms with Crippen LogP contribution in [-0.2, 0) is 20.9 Å². The maximum atomic E-state index is 11.0. The molecule has 0 heterocycles. The van der Waals surface area contributed by atoms with E-state index in [2.05, 4.69) is 4.74 Å². The predicted molar refractivity (Wildman–Crippen MR) is 66.5 cm³/mol. The van der Waals surface area contributed by atoms with E-state index in [0.29, 0.717) is 25.6 Å². The Balaban J connectivity index is 2.10. The van der Waals surface area contributed by atoms with Gasteiger partial charge in [-0.15, -0.1) is 0 Å². The van der Waals surface area contributed by atoms with Crippen LogP contribution in [0.1, 0.15) is 25.3 Å². The number of carbonyl (C=O) groups excluding carboxylic acids is 1. The molecule has 1 rings (SSSR count). The first-order chi connectivity index (χ1) is 8.22.